The van der Waals surface area contributed by atoms with Gasteiger partial charge in [0, 0.05) is 23.1 Å². The molecule has 0 fully saturated rings. The van der Waals surface area contributed by atoms with E-state index in [-0.39, 0.29) is 11.4 Å². The van der Waals surface area contributed by atoms with E-state index in [0.717, 1.165) is 17.8 Å². The topological polar surface area (TPSA) is 72.7 Å². The number of aryl methyl sites for hydroxylation is 1. The van der Waals surface area contributed by atoms with Gasteiger partial charge < -0.3 is 14.5 Å². The molecule has 2 aromatic heterocycles. The van der Waals surface area contributed by atoms with Crippen molar-refractivity contribution < 1.29 is 27.5 Å². The number of esters is 1. The smallest absolute Gasteiger partial charge is 0.416 e. The number of nitrogens with one attached hydrogen (secondary N) is 1. The normalized spacial score (nSPS) is 12.4. The number of alkyl halides is 3. The second kappa shape index (κ2) is 8.78. The first-order chi connectivity index (χ1) is 15.7. The highest BCUT2D eigenvalue weighted by Crippen LogP contribution is 2.31. The molecule has 0 radical (unpaired) electrons. The lowest BCUT2D eigenvalue weighted by atomic mass is 10.1. The van der Waals surface area contributed by atoms with Gasteiger partial charge in [-0.1, -0.05) is 42.5 Å². The third-order valence-corrected chi connectivity index (χ3v) is 4.93. The number of fused-ring (bicyclic) bond motifs is 1. The summed E-state index contributed by atoms with van der Waals surface area (Å²) in [5.74, 6) is -1.64. The molecule has 0 saturated heterocycles. The summed E-state index contributed by atoms with van der Waals surface area (Å²) in [6, 6.07) is 17.8. The van der Waals surface area contributed by atoms with Crippen LogP contribution in [0.3, 0.4) is 0 Å². The van der Waals surface area contributed by atoms with Crippen LogP contribution in [0.1, 0.15) is 33.4 Å². The second-order valence-corrected chi connectivity index (χ2v) is 7.29. The fourth-order valence-electron chi connectivity index (χ4n) is 3.30. The van der Waals surface area contributed by atoms with Gasteiger partial charge in [-0.15, -0.1) is 0 Å². The Labute approximate surface area is 186 Å². The number of benzene rings is 2. The van der Waals surface area contributed by atoms with Crippen molar-refractivity contribution in [1.29, 1.82) is 0 Å². The molecular weight excluding hydrogens is 435 g/mol. The molecule has 4 rings (SSSR count). The van der Waals surface area contributed by atoms with Crippen LogP contribution in [0, 0.1) is 6.92 Å². The summed E-state index contributed by atoms with van der Waals surface area (Å²) in [6.45, 7) is 1.85. The molecule has 6 nitrogen and oxygen atoms in total. The average Bonchev–Trinajstić information content (AvgIpc) is 3.23. The van der Waals surface area contributed by atoms with Crippen molar-refractivity contribution in [3.05, 3.63) is 102 Å². The van der Waals surface area contributed by atoms with Crippen LogP contribution in [-0.2, 0) is 15.7 Å². The summed E-state index contributed by atoms with van der Waals surface area (Å²) in [5, 5.41) is 2.40. The third kappa shape index (κ3) is 4.87. The highest BCUT2D eigenvalue weighted by Gasteiger charge is 2.31. The van der Waals surface area contributed by atoms with Gasteiger partial charge in [-0.25, -0.2) is 9.78 Å². The van der Waals surface area contributed by atoms with E-state index in [1.54, 1.807) is 46.9 Å². The highest BCUT2D eigenvalue weighted by atomic mass is 19.4. The number of carbonyl (C=O) groups excluding carboxylic acids is 2. The summed E-state index contributed by atoms with van der Waals surface area (Å²) in [6.07, 6.45) is -4.47. The molecule has 33 heavy (non-hydrogen) atoms. The zero-order chi connectivity index (χ0) is 23.6. The molecule has 1 unspecified atom stereocenters. The summed E-state index contributed by atoms with van der Waals surface area (Å²) in [5.41, 5.74) is 0.753. The number of hydrogen-bond acceptors (Lipinski definition) is 4. The molecule has 1 N–H and O–H groups in total. The minimum Gasteiger partial charge on any atom is -0.443 e. The van der Waals surface area contributed by atoms with Gasteiger partial charge in [0.2, 0.25) is 6.10 Å². The number of carbonyl (C=O) groups is 2. The predicted octanol–water partition coefficient (Wildman–Crippen LogP) is 5.20. The maximum absolute atomic E-state index is 13.0. The van der Waals surface area contributed by atoms with Crippen LogP contribution in [0.5, 0.6) is 0 Å². The number of anilines is 1. The fourth-order valence-corrected chi connectivity index (χ4v) is 3.30. The quantitative estimate of drug-likeness (QED) is 0.422. The first kappa shape index (κ1) is 22.1. The standard InChI is InChI=1S/C24H18F3N3O3/c1-15-7-5-12-20-29-19(14-30(15)20)23(32)33-21(16-8-3-2-4-9-16)22(31)28-18-11-6-10-17(13-18)24(25,26)27/h2-14,21H,1H3,(H,28,31). The van der Waals surface area contributed by atoms with E-state index in [1.165, 1.54) is 18.3 Å². The van der Waals surface area contributed by atoms with Crippen LogP contribution in [-0.4, -0.2) is 21.3 Å². The van der Waals surface area contributed by atoms with Crippen molar-refractivity contribution in [3.63, 3.8) is 0 Å². The lowest BCUT2D eigenvalue weighted by Gasteiger charge is -2.18. The van der Waals surface area contributed by atoms with Gasteiger partial charge in [-0.2, -0.15) is 13.2 Å². The number of aromatic nitrogens is 2. The first-order valence-electron chi connectivity index (χ1n) is 9.91. The average molecular weight is 453 g/mol. The van der Waals surface area contributed by atoms with E-state index >= 15 is 0 Å². The Morgan fingerprint density at radius 2 is 1.73 bits per heavy atom. The maximum atomic E-state index is 13.0. The molecule has 0 saturated carbocycles. The van der Waals surface area contributed by atoms with Gasteiger partial charge in [-0.05, 0) is 37.3 Å². The van der Waals surface area contributed by atoms with Gasteiger partial charge in [0.15, 0.2) is 5.69 Å². The van der Waals surface area contributed by atoms with E-state index < -0.39 is 29.7 Å². The van der Waals surface area contributed by atoms with Gasteiger partial charge >= 0.3 is 12.1 Å². The summed E-state index contributed by atoms with van der Waals surface area (Å²) >= 11 is 0. The number of imidazole rings is 1. The molecule has 0 bridgehead atoms. The second-order valence-electron chi connectivity index (χ2n) is 7.29. The van der Waals surface area contributed by atoms with Gasteiger partial charge in [0.25, 0.3) is 5.91 Å². The van der Waals surface area contributed by atoms with Crippen LogP contribution < -0.4 is 5.32 Å². The number of amides is 1. The Balaban J connectivity index is 1.61. The molecule has 4 aromatic rings. The van der Waals surface area contributed by atoms with Gasteiger partial charge in [0.1, 0.15) is 5.65 Å². The molecule has 0 aliphatic heterocycles. The largest absolute Gasteiger partial charge is 0.443 e. The number of pyridine rings is 1. The van der Waals surface area contributed by atoms with Crippen molar-refractivity contribution in [3.8, 4) is 0 Å². The van der Waals surface area contributed by atoms with E-state index in [0.29, 0.717) is 11.2 Å². The molecule has 2 aromatic carbocycles. The van der Waals surface area contributed by atoms with E-state index in [2.05, 4.69) is 10.3 Å². The van der Waals surface area contributed by atoms with Crippen LogP contribution in [0.2, 0.25) is 0 Å². The van der Waals surface area contributed by atoms with Crippen LogP contribution in [0.25, 0.3) is 5.65 Å². The van der Waals surface area contributed by atoms with Crippen molar-refractivity contribution in [2.75, 3.05) is 5.32 Å². The minimum absolute atomic E-state index is 0.00269. The zero-order valence-electron chi connectivity index (χ0n) is 17.3. The van der Waals surface area contributed by atoms with E-state index in [1.807, 2.05) is 13.0 Å². The van der Waals surface area contributed by atoms with Crippen molar-refractivity contribution >= 4 is 23.2 Å². The van der Waals surface area contributed by atoms with Crippen LogP contribution in [0.4, 0.5) is 18.9 Å². The van der Waals surface area contributed by atoms with Crippen molar-refractivity contribution in [2.24, 2.45) is 0 Å². The first-order valence-corrected chi connectivity index (χ1v) is 9.91. The fraction of sp³-hybridized carbons (Fsp3) is 0.125. The molecule has 1 amide bonds. The van der Waals surface area contributed by atoms with Crippen molar-refractivity contribution in [1.82, 2.24) is 9.38 Å². The Bertz CT molecular complexity index is 1320. The van der Waals surface area contributed by atoms with E-state index in [4.69, 9.17) is 4.74 Å². The predicted molar refractivity (Wildman–Crippen MR) is 115 cm³/mol. The molecule has 0 aliphatic rings. The highest BCUT2D eigenvalue weighted by molar-refractivity contribution is 5.97. The molecule has 2 heterocycles. The summed E-state index contributed by atoms with van der Waals surface area (Å²) < 4.78 is 46.2. The lowest BCUT2D eigenvalue weighted by Crippen LogP contribution is -2.26. The van der Waals surface area contributed by atoms with Crippen molar-refractivity contribution in [2.45, 2.75) is 19.2 Å². The zero-order valence-corrected chi connectivity index (χ0v) is 17.3. The molecule has 0 spiro atoms. The molecule has 168 valence electrons. The molecular formula is C24H18F3N3O3. The molecule has 9 heteroatoms. The number of hydrogen-bond donors (Lipinski definition) is 1. The van der Waals surface area contributed by atoms with Crippen LogP contribution >= 0.6 is 0 Å². The molecule has 1 atom stereocenters. The lowest BCUT2D eigenvalue weighted by molar-refractivity contribution is -0.137. The third-order valence-electron chi connectivity index (χ3n) is 4.93. The Morgan fingerprint density at radius 1 is 1.00 bits per heavy atom. The number of halogens is 3. The maximum Gasteiger partial charge on any atom is 0.416 e. The Hall–Kier alpha value is -4.14. The van der Waals surface area contributed by atoms with E-state index in [9.17, 15) is 22.8 Å². The van der Waals surface area contributed by atoms with Gasteiger partial charge in [0.05, 0.1) is 5.56 Å². The van der Waals surface area contributed by atoms with Gasteiger partial charge in [-0.3, -0.25) is 4.79 Å². The number of rotatable bonds is 5. The van der Waals surface area contributed by atoms with Crippen LogP contribution in [0.15, 0.2) is 79.0 Å². The Kier molecular flexibility index (Phi) is 5.87. The minimum atomic E-state index is -4.56. The Morgan fingerprint density at radius 3 is 2.42 bits per heavy atom. The monoisotopic (exact) mass is 453 g/mol. The number of nitrogens with zero attached hydrogens (tertiary/aromatic N) is 2. The summed E-state index contributed by atoms with van der Waals surface area (Å²) in [4.78, 5) is 30.0. The number of ether oxygens (including phenoxy) is 1. The summed E-state index contributed by atoms with van der Waals surface area (Å²) in [7, 11) is 0. The SMILES string of the molecule is Cc1cccc2nc(C(=O)OC(C(=O)Nc3cccc(C(F)(F)F)c3)c3ccccc3)cn12. The molecule has 0 aliphatic carbocycles.